The van der Waals surface area contributed by atoms with E-state index in [1.54, 1.807) is 6.07 Å². The zero-order valence-corrected chi connectivity index (χ0v) is 14.4. The third-order valence-corrected chi connectivity index (χ3v) is 5.06. The lowest BCUT2D eigenvalue weighted by Crippen LogP contribution is -2.38. The number of nitrogens with zero attached hydrogens (tertiary/aromatic N) is 2. The number of fused-ring (bicyclic) bond motifs is 1. The minimum atomic E-state index is -0.278. The predicted octanol–water partition coefficient (Wildman–Crippen LogP) is 3.74. The van der Waals surface area contributed by atoms with Gasteiger partial charge in [-0.2, -0.15) is 0 Å². The molecule has 1 aromatic heterocycles. The summed E-state index contributed by atoms with van der Waals surface area (Å²) in [6, 6.07) is 16.7. The first-order chi connectivity index (χ1) is 12.6. The second kappa shape index (κ2) is 6.75. The minimum absolute atomic E-state index is 0.0790. The molecule has 4 rings (SSSR count). The molecule has 1 amide bonds. The van der Waals surface area contributed by atoms with Gasteiger partial charge in [0.25, 0.3) is 0 Å². The summed E-state index contributed by atoms with van der Waals surface area (Å²) >= 11 is 0. The lowest BCUT2D eigenvalue weighted by atomic mass is 9.95. The number of pyridine rings is 1. The first-order valence-electron chi connectivity index (χ1n) is 8.82. The molecular formula is C21H20FN3O. The summed E-state index contributed by atoms with van der Waals surface area (Å²) in [7, 11) is 0. The maximum atomic E-state index is 13.9. The SMILES string of the molecule is NC(=O)C1CCN(c2cc(-c3ccccc3)nc3ccc(F)cc23)CC1. The van der Waals surface area contributed by atoms with Crippen LogP contribution >= 0.6 is 0 Å². The number of piperidine rings is 1. The van der Waals surface area contributed by atoms with Gasteiger partial charge in [0.15, 0.2) is 0 Å². The third-order valence-electron chi connectivity index (χ3n) is 5.06. The number of primary amides is 1. The zero-order valence-electron chi connectivity index (χ0n) is 14.4. The topological polar surface area (TPSA) is 59.2 Å². The van der Waals surface area contributed by atoms with Crippen molar-refractivity contribution in [1.82, 2.24) is 4.98 Å². The third kappa shape index (κ3) is 3.12. The van der Waals surface area contributed by atoms with Crippen LogP contribution in [0.4, 0.5) is 10.1 Å². The molecule has 26 heavy (non-hydrogen) atoms. The van der Waals surface area contributed by atoms with Crippen molar-refractivity contribution in [3.05, 3.63) is 60.4 Å². The van der Waals surface area contributed by atoms with E-state index in [0.717, 1.165) is 53.8 Å². The van der Waals surface area contributed by atoms with Crippen LogP contribution in [0.15, 0.2) is 54.6 Å². The van der Waals surface area contributed by atoms with E-state index < -0.39 is 0 Å². The quantitative estimate of drug-likeness (QED) is 0.783. The number of rotatable bonds is 3. The van der Waals surface area contributed by atoms with E-state index in [1.807, 2.05) is 36.4 Å². The molecule has 0 bridgehead atoms. The Kier molecular flexibility index (Phi) is 4.29. The van der Waals surface area contributed by atoms with Crippen LogP contribution in [0.1, 0.15) is 12.8 Å². The number of benzene rings is 2. The van der Waals surface area contributed by atoms with Crippen molar-refractivity contribution >= 4 is 22.5 Å². The zero-order chi connectivity index (χ0) is 18.1. The maximum absolute atomic E-state index is 13.9. The number of hydrogen-bond acceptors (Lipinski definition) is 3. The summed E-state index contributed by atoms with van der Waals surface area (Å²) in [6.45, 7) is 1.44. The Labute approximate surface area is 151 Å². The van der Waals surface area contributed by atoms with E-state index in [2.05, 4.69) is 4.90 Å². The van der Waals surface area contributed by atoms with Crippen molar-refractivity contribution in [3.8, 4) is 11.3 Å². The Bertz CT molecular complexity index is 950. The number of aromatic nitrogens is 1. The average Bonchev–Trinajstić information content (AvgIpc) is 2.68. The Morgan fingerprint density at radius 1 is 1.08 bits per heavy atom. The van der Waals surface area contributed by atoms with Gasteiger partial charge in [-0.25, -0.2) is 9.37 Å². The van der Waals surface area contributed by atoms with Gasteiger partial charge in [-0.1, -0.05) is 30.3 Å². The molecule has 1 aliphatic heterocycles. The highest BCUT2D eigenvalue weighted by molar-refractivity contribution is 5.94. The summed E-state index contributed by atoms with van der Waals surface area (Å²) in [6.07, 6.45) is 1.43. The summed E-state index contributed by atoms with van der Waals surface area (Å²) < 4.78 is 13.9. The van der Waals surface area contributed by atoms with Crippen molar-refractivity contribution in [2.24, 2.45) is 11.7 Å². The van der Waals surface area contributed by atoms with Crippen molar-refractivity contribution in [3.63, 3.8) is 0 Å². The van der Waals surface area contributed by atoms with Gasteiger partial charge in [0.1, 0.15) is 5.82 Å². The van der Waals surface area contributed by atoms with Crippen molar-refractivity contribution in [2.75, 3.05) is 18.0 Å². The number of carbonyl (C=O) groups excluding carboxylic acids is 1. The standard InChI is InChI=1S/C21H20FN3O/c22-16-6-7-18-17(12-16)20(25-10-8-15(9-11-25)21(23)26)13-19(24-18)14-4-2-1-3-5-14/h1-7,12-13,15H,8-11H2,(H2,23,26). The molecule has 0 saturated carbocycles. The van der Waals surface area contributed by atoms with Gasteiger partial charge in [0, 0.05) is 35.6 Å². The lowest BCUT2D eigenvalue weighted by molar-refractivity contribution is -0.122. The number of hydrogen-bond donors (Lipinski definition) is 1. The monoisotopic (exact) mass is 349 g/mol. The molecule has 5 heteroatoms. The summed E-state index contributed by atoms with van der Waals surface area (Å²) in [5.41, 5.74) is 9.04. The fourth-order valence-electron chi connectivity index (χ4n) is 3.60. The number of halogens is 1. The van der Waals surface area contributed by atoms with Gasteiger partial charge in [-0.3, -0.25) is 4.79 Å². The Hall–Kier alpha value is -2.95. The summed E-state index contributed by atoms with van der Waals surface area (Å²) in [5, 5.41) is 0.794. The number of anilines is 1. The van der Waals surface area contributed by atoms with Gasteiger partial charge in [-0.05, 0) is 37.1 Å². The maximum Gasteiger partial charge on any atom is 0.220 e. The van der Waals surface area contributed by atoms with Gasteiger partial charge in [-0.15, -0.1) is 0 Å². The molecule has 0 unspecified atom stereocenters. The molecule has 2 heterocycles. The molecule has 1 aliphatic rings. The minimum Gasteiger partial charge on any atom is -0.371 e. The fourth-order valence-corrected chi connectivity index (χ4v) is 3.60. The van der Waals surface area contributed by atoms with E-state index in [0.29, 0.717) is 0 Å². The van der Waals surface area contributed by atoms with Crippen LogP contribution < -0.4 is 10.6 Å². The molecule has 3 aromatic rings. The summed E-state index contributed by atoms with van der Waals surface area (Å²) in [5.74, 6) is -0.593. The summed E-state index contributed by atoms with van der Waals surface area (Å²) in [4.78, 5) is 18.4. The van der Waals surface area contributed by atoms with Crippen LogP contribution in [0.5, 0.6) is 0 Å². The van der Waals surface area contributed by atoms with E-state index >= 15 is 0 Å². The predicted molar refractivity (Wildman–Crippen MR) is 101 cm³/mol. The molecule has 2 aromatic carbocycles. The van der Waals surface area contributed by atoms with E-state index in [4.69, 9.17) is 10.7 Å². The molecule has 2 N–H and O–H groups in total. The van der Waals surface area contributed by atoms with Crippen LogP contribution in [0.3, 0.4) is 0 Å². The van der Waals surface area contributed by atoms with Gasteiger partial charge < -0.3 is 10.6 Å². The number of nitrogens with two attached hydrogens (primary N) is 1. The first-order valence-corrected chi connectivity index (χ1v) is 8.82. The van der Waals surface area contributed by atoms with Gasteiger partial charge in [0.2, 0.25) is 5.91 Å². The Balaban J connectivity index is 1.79. The van der Waals surface area contributed by atoms with Crippen LogP contribution in [0.2, 0.25) is 0 Å². The van der Waals surface area contributed by atoms with Crippen LogP contribution in [-0.4, -0.2) is 24.0 Å². The molecule has 0 spiro atoms. The molecule has 0 aliphatic carbocycles. The van der Waals surface area contributed by atoms with Crippen LogP contribution in [-0.2, 0) is 4.79 Å². The normalized spacial score (nSPS) is 15.3. The van der Waals surface area contributed by atoms with Crippen LogP contribution in [0.25, 0.3) is 22.2 Å². The molecule has 4 nitrogen and oxygen atoms in total. The van der Waals surface area contributed by atoms with Crippen molar-refractivity contribution in [2.45, 2.75) is 12.8 Å². The van der Waals surface area contributed by atoms with Crippen LogP contribution in [0, 0.1) is 11.7 Å². The second-order valence-electron chi connectivity index (χ2n) is 6.72. The highest BCUT2D eigenvalue weighted by Gasteiger charge is 2.24. The molecule has 0 atom stereocenters. The van der Waals surface area contributed by atoms with E-state index in [-0.39, 0.29) is 17.6 Å². The second-order valence-corrected chi connectivity index (χ2v) is 6.72. The van der Waals surface area contributed by atoms with E-state index in [1.165, 1.54) is 12.1 Å². The van der Waals surface area contributed by atoms with Gasteiger partial charge >= 0.3 is 0 Å². The molecule has 1 saturated heterocycles. The van der Waals surface area contributed by atoms with E-state index in [9.17, 15) is 9.18 Å². The molecule has 132 valence electrons. The first kappa shape index (κ1) is 16.5. The number of carbonyl (C=O) groups is 1. The van der Waals surface area contributed by atoms with Gasteiger partial charge in [0.05, 0.1) is 11.2 Å². The molecular weight excluding hydrogens is 329 g/mol. The Morgan fingerprint density at radius 2 is 1.81 bits per heavy atom. The molecule has 1 fully saturated rings. The van der Waals surface area contributed by atoms with Crippen molar-refractivity contribution < 1.29 is 9.18 Å². The smallest absolute Gasteiger partial charge is 0.220 e. The Morgan fingerprint density at radius 3 is 2.50 bits per heavy atom. The average molecular weight is 349 g/mol. The highest BCUT2D eigenvalue weighted by Crippen LogP contribution is 2.33. The molecule has 0 radical (unpaired) electrons. The van der Waals surface area contributed by atoms with Crippen molar-refractivity contribution in [1.29, 1.82) is 0 Å². The highest BCUT2D eigenvalue weighted by atomic mass is 19.1. The lowest BCUT2D eigenvalue weighted by Gasteiger charge is -2.33. The largest absolute Gasteiger partial charge is 0.371 e. The fraction of sp³-hybridized carbons (Fsp3) is 0.238. The number of amides is 1.